The minimum Gasteiger partial charge on any atom is -0.508 e. The average molecular weight is 429 g/mol. The van der Waals surface area contributed by atoms with Crippen molar-refractivity contribution in [3.63, 3.8) is 0 Å². The van der Waals surface area contributed by atoms with Gasteiger partial charge in [-0.25, -0.2) is 0 Å². The summed E-state index contributed by atoms with van der Waals surface area (Å²) in [5.41, 5.74) is 0.705. The zero-order valence-electron chi connectivity index (χ0n) is 17.1. The van der Waals surface area contributed by atoms with E-state index in [9.17, 15) is 39.9 Å². The maximum atomic E-state index is 13.5. The third-order valence-electron chi connectivity index (χ3n) is 6.99. The van der Waals surface area contributed by atoms with Crippen LogP contribution in [-0.2, 0) is 20.0 Å². The first-order valence-electron chi connectivity index (χ1n) is 9.78. The smallest absolute Gasteiger partial charge is 0.202 e. The molecule has 9 heteroatoms. The highest BCUT2D eigenvalue weighted by atomic mass is 16.3. The van der Waals surface area contributed by atoms with Gasteiger partial charge < -0.3 is 31.3 Å². The van der Waals surface area contributed by atoms with Gasteiger partial charge in [-0.3, -0.25) is 14.4 Å². The quantitative estimate of drug-likeness (QED) is 0.345. The van der Waals surface area contributed by atoms with Gasteiger partial charge >= 0.3 is 0 Å². The summed E-state index contributed by atoms with van der Waals surface area (Å²) >= 11 is 0. The minimum absolute atomic E-state index is 0.155. The molecule has 0 bridgehead atoms. The first-order chi connectivity index (χ1) is 14.3. The van der Waals surface area contributed by atoms with Gasteiger partial charge in [0.1, 0.15) is 22.8 Å². The molecule has 0 saturated heterocycles. The number of benzene rings is 1. The number of ketones is 3. The minimum atomic E-state index is -2.73. The Morgan fingerprint density at radius 2 is 1.77 bits per heavy atom. The summed E-state index contributed by atoms with van der Waals surface area (Å²) < 4.78 is 0. The van der Waals surface area contributed by atoms with E-state index in [0.717, 1.165) is 6.92 Å². The number of aryl methyl sites for hydroxylation is 1. The van der Waals surface area contributed by atoms with E-state index < -0.39 is 69.1 Å². The number of aliphatic hydroxyl groups excluding tert-OH is 2. The molecule has 3 aliphatic carbocycles. The summed E-state index contributed by atoms with van der Waals surface area (Å²) in [5, 5.41) is 54.8. The fourth-order valence-corrected chi connectivity index (χ4v) is 5.22. The van der Waals surface area contributed by atoms with Crippen molar-refractivity contribution in [2.75, 3.05) is 0 Å². The van der Waals surface area contributed by atoms with E-state index in [-0.39, 0.29) is 23.3 Å². The zero-order valence-corrected chi connectivity index (χ0v) is 17.1. The summed E-state index contributed by atoms with van der Waals surface area (Å²) in [7, 11) is 0. The van der Waals surface area contributed by atoms with E-state index in [0.29, 0.717) is 5.56 Å². The maximum Gasteiger partial charge on any atom is 0.202 e. The van der Waals surface area contributed by atoms with Crippen molar-refractivity contribution < 1.29 is 39.9 Å². The predicted octanol–water partition coefficient (Wildman–Crippen LogP) is 0.438. The summed E-state index contributed by atoms with van der Waals surface area (Å²) in [6.45, 7) is 3.96. The SMILES string of the molecule is CC(=O)C1=C(O)C2(O)C(=O)C3=C(O)c4c(ccc(C)c4O)C(C)(O)C3CC2C(N)C1=O. The topological polar surface area (TPSA) is 178 Å². The number of aliphatic hydroxyl groups is 4. The number of nitrogens with two attached hydrogens (primary N) is 1. The first-order valence-corrected chi connectivity index (χ1v) is 9.78. The van der Waals surface area contributed by atoms with E-state index in [1.165, 1.54) is 13.0 Å². The van der Waals surface area contributed by atoms with E-state index in [1.54, 1.807) is 13.0 Å². The Morgan fingerprint density at radius 1 is 1.16 bits per heavy atom. The third kappa shape index (κ3) is 2.39. The van der Waals surface area contributed by atoms with Crippen molar-refractivity contribution in [2.24, 2.45) is 17.6 Å². The van der Waals surface area contributed by atoms with Gasteiger partial charge in [0, 0.05) is 17.4 Å². The Balaban J connectivity index is 2.05. The van der Waals surface area contributed by atoms with Gasteiger partial charge in [-0.1, -0.05) is 12.1 Å². The lowest BCUT2D eigenvalue weighted by Gasteiger charge is -2.51. The summed E-state index contributed by atoms with van der Waals surface area (Å²) in [4.78, 5) is 38.1. The average Bonchev–Trinajstić information content (AvgIpc) is 2.68. The van der Waals surface area contributed by atoms with E-state index in [4.69, 9.17) is 5.73 Å². The largest absolute Gasteiger partial charge is 0.508 e. The van der Waals surface area contributed by atoms with Crippen molar-refractivity contribution in [2.45, 2.75) is 44.4 Å². The van der Waals surface area contributed by atoms with Crippen LogP contribution in [0.4, 0.5) is 0 Å². The summed E-state index contributed by atoms with van der Waals surface area (Å²) in [6, 6.07) is 1.57. The maximum absolute atomic E-state index is 13.5. The Bertz CT molecular complexity index is 1140. The molecule has 0 heterocycles. The fraction of sp³-hybridized carbons (Fsp3) is 0.409. The number of fused-ring (bicyclic) bond motifs is 3. The number of Topliss-reactive ketones (excluding diaryl/α,β-unsaturated/α-hetero) is 3. The fourth-order valence-electron chi connectivity index (χ4n) is 5.22. The molecular formula is C22H23NO8. The molecule has 7 N–H and O–H groups in total. The van der Waals surface area contributed by atoms with Gasteiger partial charge in [-0.2, -0.15) is 0 Å². The lowest BCUT2D eigenvalue weighted by Crippen LogP contribution is -2.66. The second-order valence-corrected chi connectivity index (χ2v) is 8.72. The van der Waals surface area contributed by atoms with Crippen molar-refractivity contribution in [1.29, 1.82) is 0 Å². The molecule has 0 aliphatic heterocycles. The number of hydrogen-bond donors (Lipinski definition) is 6. The molecule has 4 rings (SSSR count). The van der Waals surface area contributed by atoms with Crippen molar-refractivity contribution in [3.05, 3.63) is 45.7 Å². The number of rotatable bonds is 1. The molecule has 1 fully saturated rings. The highest BCUT2D eigenvalue weighted by molar-refractivity contribution is 6.24. The normalized spacial score (nSPS) is 35.0. The lowest BCUT2D eigenvalue weighted by atomic mass is 9.54. The molecule has 5 unspecified atom stereocenters. The van der Waals surface area contributed by atoms with E-state index in [2.05, 4.69) is 0 Å². The lowest BCUT2D eigenvalue weighted by molar-refractivity contribution is -0.154. The van der Waals surface area contributed by atoms with Crippen LogP contribution < -0.4 is 5.73 Å². The molecule has 9 nitrogen and oxygen atoms in total. The molecule has 0 aromatic heterocycles. The molecule has 3 aliphatic rings. The van der Waals surface area contributed by atoms with Crippen molar-refractivity contribution >= 4 is 23.1 Å². The van der Waals surface area contributed by atoms with Crippen LogP contribution in [0.2, 0.25) is 0 Å². The molecule has 0 radical (unpaired) electrons. The second kappa shape index (κ2) is 6.25. The Kier molecular flexibility index (Phi) is 4.28. The van der Waals surface area contributed by atoms with Crippen LogP contribution in [0.15, 0.2) is 29.0 Å². The van der Waals surface area contributed by atoms with Crippen LogP contribution >= 0.6 is 0 Å². The van der Waals surface area contributed by atoms with Crippen LogP contribution in [0.5, 0.6) is 5.75 Å². The molecule has 5 atom stereocenters. The molecule has 164 valence electrons. The number of phenolic OH excluding ortho intramolecular Hbond substituents is 1. The van der Waals surface area contributed by atoms with Crippen LogP contribution in [0.1, 0.15) is 37.0 Å². The first kappa shape index (κ1) is 21.2. The third-order valence-corrected chi connectivity index (χ3v) is 6.99. The Hall–Kier alpha value is -3.01. The second-order valence-electron chi connectivity index (χ2n) is 8.72. The van der Waals surface area contributed by atoms with Gasteiger partial charge in [0.15, 0.2) is 17.2 Å². The molecule has 1 aromatic rings. The van der Waals surface area contributed by atoms with Crippen LogP contribution in [0.25, 0.3) is 5.76 Å². The molecule has 1 saturated carbocycles. The Labute approximate surface area is 177 Å². The molecular weight excluding hydrogens is 406 g/mol. The van der Waals surface area contributed by atoms with Gasteiger partial charge in [-0.05, 0) is 38.3 Å². The zero-order chi connectivity index (χ0) is 23.2. The Morgan fingerprint density at radius 3 is 2.35 bits per heavy atom. The number of aromatic hydroxyl groups is 1. The van der Waals surface area contributed by atoms with Crippen molar-refractivity contribution in [1.82, 2.24) is 0 Å². The highest BCUT2D eigenvalue weighted by Gasteiger charge is 2.65. The number of carbonyl (C=O) groups is 3. The van der Waals surface area contributed by atoms with Gasteiger partial charge in [0.05, 0.1) is 17.2 Å². The van der Waals surface area contributed by atoms with Crippen LogP contribution in [-0.4, -0.2) is 54.5 Å². The summed E-state index contributed by atoms with van der Waals surface area (Å²) in [6.07, 6.45) is -0.245. The van der Waals surface area contributed by atoms with Gasteiger partial charge in [-0.15, -0.1) is 0 Å². The van der Waals surface area contributed by atoms with E-state index in [1.807, 2.05) is 0 Å². The van der Waals surface area contributed by atoms with Gasteiger partial charge in [0.25, 0.3) is 0 Å². The molecule has 31 heavy (non-hydrogen) atoms. The molecule has 1 aromatic carbocycles. The van der Waals surface area contributed by atoms with Gasteiger partial charge in [0.2, 0.25) is 5.78 Å². The highest BCUT2D eigenvalue weighted by Crippen LogP contribution is 2.56. The monoisotopic (exact) mass is 429 g/mol. The number of carbonyl (C=O) groups excluding carboxylic acids is 3. The summed E-state index contributed by atoms with van der Waals surface area (Å²) in [5.74, 6) is -7.50. The van der Waals surface area contributed by atoms with Crippen LogP contribution in [0.3, 0.4) is 0 Å². The van der Waals surface area contributed by atoms with Crippen molar-refractivity contribution in [3.8, 4) is 5.75 Å². The predicted molar refractivity (Wildman–Crippen MR) is 107 cm³/mol. The molecule has 0 spiro atoms. The standard InChI is InChI=1S/C22H23NO8/c1-7-4-5-9-13(16(7)25)17(26)14-10(21(9,3)30)6-11-15(23)18(27)12(8(2)24)19(28)22(11,31)20(14)29/h4-5,10-11,15,25-26,28,30-31H,6,23H2,1-3H3. The number of hydrogen-bond acceptors (Lipinski definition) is 9. The van der Waals surface area contributed by atoms with Crippen LogP contribution in [0, 0.1) is 18.8 Å². The number of phenols is 1. The molecule has 0 amide bonds. The van der Waals surface area contributed by atoms with E-state index >= 15 is 0 Å².